The molecule has 0 N–H and O–H groups in total. The number of hydrogen-bond acceptors (Lipinski definition) is 2. The summed E-state index contributed by atoms with van der Waals surface area (Å²) in [4.78, 5) is 1.48. The summed E-state index contributed by atoms with van der Waals surface area (Å²) in [6.45, 7) is 2.14. The highest BCUT2D eigenvalue weighted by Crippen LogP contribution is 2.28. The van der Waals surface area contributed by atoms with E-state index in [1.165, 1.54) is 20.5 Å². The Labute approximate surface area is 87.0 Å². The van der Waals surface area contributed by atoms with Crippen LogP contribution in [0.15, 0.2) is 24.3 Å². The van der Waals surface area contributed by atoms with Gasteiger partial charge in [0, 0.05) is 15.3 Å². The lowest BCUT2D eigenvalue weighted by molar-refractivity contribution is 1.51. The van der Waals surface area contributed by atoms with Crippen molar-refractivity contribution in [1.82, 2.24) is 0 Å². The first kappa shape index (κ1) is 9.10. The van der Waals surface area contributed by atoms with Gasteiger partial charge in [0.25, 0.3) is 0 Å². The van der Waals surface area contributed by atoms with Gasteiger partial charge in [0.2, 0.25) is 0 Å². The second-order valence-corrected chi connectivity index (χ2v) is 5.22. The van der Waals surface area contributed by atoms with Gasteiger partial charge in [-0.15, -0.1) is 11.3 Å². The maximum absolute atomic E-state index is 2.31. The van der Waals surface area contributed by atoms with E-state index in [4.69, 9.17) is 0 Å². The van der Waals surface area contributed by atoms with E-state index in [1.807, 2.05) is 23.1 Å². The van der Waals surface area contributed by atoms with E-state index in [-0.39, 0.29) is 0 Å². The molecule has 1 heterocycles. The molecule has 0 bridgehead atoms. The van der Waals surface area contributed by atoms with Crippen molar-refractivity contribution in [2.75, 3.05) is 6.26 Å². The van der Waals surface area contributed by atoms with Crippen molar-refractivity contribution in [3.63, 3.8) is 0 Å². The molecule has 0 aliphatic heterocycles. The van der Waals surface area contributed by atoms with Gasteiger partial charge in [-0.1, -0.05) is 17.7 Å². The fourth-order valence-electron chi connectivity index (χ4n) is 1.43. The summed E-state index contributed by atoms with van der Waals surface area (Å²) >= 11 is 3.79. The SMILES string of the molecule is CSCc1cc2cc(C)ccc2s1. The first-order valence-corrected chi connectivity index (χ1v) is 6.48. The van der Waals surface area contributed by atoms with Crippen molar-refractivity contribution in [2.24, 2.45) is 0 Å². The lowest BCUT2D eigenvalue weighted by Crippen LogP contribution is -1.68. The number of thioether (sulfide) groups is 1. The fourth-order valence-corrected chi connectivity index (χ4v) is 3.23. The lowest BCUT2D eigenvalue weighted by Gasteiger charge is -1.89. The molecule has 0 nitrogen and oxygen atoms in total. The first-order chi connectivity index (χ1) is 6.29. The molecule has 13 heavy (non-hydrogen) atoms. The zero-order chi connectivity index (χ0) is 9.26. The van der Waals surface area contributed by atoms with Crippen LogP contribution in [0.4, 0.5) is 0 Å². The van der Waals surface area contributed by atoms with E-state index < -0.39 is 0 Å². The number of hydrogen-bond donors (Lipinski definition) is 0. The first-order valence-electron chi connectivity index (χ1n) is 4.27. The van der Waals surface area contributed by atoms with E-state index in [9.17, 15) is 0 Å². The van der Waals surface area contributed by atoms with Crippen LogP contribution in [0.2, 0.25) is 0 Å². The number of fused-ring (bicyclic) bond motifs is 1. The van der Waals surface area contributed by atoms with E-state index in [0.29, 0.717) is 0 Å². The highest BCUT2D eigenvalue weighted by atomic mass is 32.2. The van der Waals surface area contributed by atoms with E-state index in [0.717, 1.165) is 5.75 Å². The van der Waals surface area contributed by atoms with Gasteiger partial charge in [-0.2, -0.15) is 11.8 Å². The molecule has 0 aliphatic carbocycles. The third-order valence-electron chi connectivity index (χ3n) is 2.01. The fraction of sp³-hybridized carbons (Fsp3) is 0.273. The molecule has 0 saturated heterocycles. The molecule has 0 saturated carbocycles. The Bertz CT molecular complexity index is 415. The standard InChI is InChI=1S/C11H12S2/c1-8-3-4-11-9(5-8)6-10(13-11)7-12-2/h3-6H,7H2,1-2H3. The van der Waals surface area contributed by atoms with Gasteiger partial charge in [-0.3, -0.25) is 0 Å². The predicted octanol–water partition coefficient (Wildman–Crippen LogP) is 4.07. The molecule has 0 atom stereocenters. The Kier molecular flexibility index (Phi) is 2.61. The molecule has 0 amide bonds. The van der Waals surface area contributed by atoms with Gasteiger partial charge >= 0.3 is 0 Å². The molecule has 0 fully saturated rings. The van der Waals surface area contributed by atoms with Gasteiger partial charge in [-0.25, -0.2) is 0 Å². The molecule has 2 aromatic rings. The Morgan fingerprint density at radius 2 is 2.15 bits per heavy atom. The topological polar surface area (TPSA) is 0 Å². The van der Waals surface area contributed by atoms with Crippen molar-refractivity contribution in [3.05, 3.63) is 34.7 Å². The second-order valence-electron chi connectivity index (χ2n) is 3.19. The largest absolute Gasteiger partial charge is 0.160 e. The Balaban J connectivity index is 2.49. The Hall–Kier alpha value is -0.470. The van der Waals surface area contributed by atoms with Crippen LogP contribution in [0.5, 0.6) is 0 Å². The van der Waals surface area contributed by atoms with Crippen molar-refractivity contribution in [3.8, 4) is 0 Å². The van der Waals surface area contributed by atoms with Crippen LogP contribution >= 0.6 is 23.1 Å². The number of aryl methyl sites for hydroxylation is 1. The minimum atomic E-state index is 1.14. The van der Waals surface area contributed by atoms with Crippen molar-refractivity contribution in [2.45, 2.75) is 12.7 Å². The van der Waals surface area contributed by atoms with E-state index >= 15 is 0 Å². The molecule has 1 aromatic heterocycles. The number of benzene rings is 1. The van der Waals surface area contributed by atoms with Crippen molar-refractivity contribution < 1.29 is 0 Å². The van der Waals surface area contributed by atoms with Gasteiger partial charge in [0.05, 0.1) is 0 Å². The predicted molar refractivity (Wildman–Crippen MR) is 63.8 cm³/mol. The summed E-state index contributed by atoms with van der Waals surface area (Å²) < 4.78 is 1.41. The van der Waals surface area contributed by atoms with Crippen molar-refractivity contribution in [1.29, 1.82) is 0 Å². The third-order valence-corrected chi connectivity index (χ3v) is 3.91. The van der Waals surface area contributed by atoms with Gasteiger partial charge in [0.1, 0.15) is 0 Å². The molecule has 0 spiro atoms. The maximum atomic E-state index is 2.31. The summed E-state index contributed by atoms with van der Waals surface area (Å²) in [6, 6.07) is 8.97. The summed E-state index contributed by atoms with van der Waals surface area (Å²) in [7, 11) is 0. The smallest absolute Gasteiger partial charge is 0.0346 e. The molecular formula is C11H12S2. The van der Waals surface area contributed by atoms with Gasteiger partial charge in [-0.05, 0) is 30.7 Å². The molecule has 0 unspecified atom stereocenters. The minimum absolute atomic E-state index is 1.14. The summed E-state index contributed by atoms with van der Waals surface area (Å²) in [5.74, 6) is 1.14. The van der Waals surface area contributed by atoms with Crippen molar-refractivity contribution >= 4 is 33.2 Å². The summed E-state index contributed by atoms with van der Waals surface area (Å²) in [5, 5.41) is 1.40. The number of thiophene rings is 1. The van der Waals surface area contributed by atoms with Crippen LogP contribution in [-0.4, -0.2) is 6.26 Å². The molecule has 2 heteroatoms. The van der Waals surface area contributed by atoms with Crippen LogP contribution in [0.3, 0.4) is 0 Å². The molecule has 0 aliphatic rings. The van der Waals surface area contributed by atoms with Gasteiger partial charge < -0.3 is 0 Å². The minimum Gasteiger partial charge on any atom is -0.160 e. The monoisotopic (exact) mass is 208 g/mol. The van der Waals surface area contributed by atoms with Crippen LogP contribution in [-0.2, 0) is 5.75 Å². The van der Waals surface area contributed by atoms with Crippen LogP contribution in [0.25, 0.3) is 10.1 Å². The Morgan fingerprint density at radius 1 is 1.31 bits per heavy atom. The molecule has 2 rings (SSSR count). The zero-order valence-corrected chi connectivity index (χ0v) is 9.47. The second kappa shape index (κ2) is 3.72. The van der Waals surface area contributed by atoms with Crippen LogP contribution in [0, 0.1) is 6.92 Å². The highest BCUT2D eigenvalue weighted by Gasteiger charge is 2.00. The average molecular weight is 208 g/mol. The van der Waals surface area contributed by atoms with E-state index in [1.54, 1.807) is 0 Å². The zero-order valence-electron chi connectivity index (χ0n) is 7.83. The maximum Gasteiger partial charge on any atom is 0.0346 e. The Morgan fingerprint density at radius 3 is 2.92 bits per heavy atom. The molecule has 1 aromatic carbocycles. The van der Waals surface area contributed by atoms with Gasteiger partial charge in [0.15, 0.2) is 0 Å². The normalized spacial score (nSPS) is 10.9. The number of rotatable bonds is 2. The molecular weight excluding hydrogens is 196 g/mol. The van der Waals surface area contributed by atoms with Crippen LogP contribution < -0.4 is 0 Å². The average Bonchev–Trinajstić information content (AvgIpc) is 2.46. The summed E-state index contributed by atoms with van der Waals surface area (Å²) in [5.41, 5.74) is 1.35. The van der Waals surface area contributed by atoms with Crippen LogP contribution in [0.1, 0.15) is 10.4 Å². The quantitative estimate of drug-likeness (QED) is 0.717. The third kappa shape index (κ3) is 1.89. The summed E-state index contributed by atoms with van der Waals surface area (Å²) in [6.07, 6.45) is 2.15. The lowest BCUT2D eigenvalue weighted by atomic mass is 10.2. The molecule has 68 valence electrons. The van der Waals surface area contributed by atoms with E-state index in [2.05, 4.69) is 37.4 Å². The highest BCUT2D eigenvalue weighted by molar-refractivity contribution is 7.97. The molecule has 0 radical (unpaired) electrons.